The van der Waals surface area contributed by atoms with Gasteiger partial charge in [-0.3, -0.25) is 9.89 Å². The Bertz CT molecular complexity index is 439. The van der Waals surface area contributed by atoms with Gasteiger partial charge in [-0.15, -0.1) is 0 Å². The van der Waals surface area contributed by atoms with Crippen LogP contribution in [0.2, 0.25) is 0 Å². The highest BCUT2D eigenvalue weighted by atomic mass is 32.2. The molecule has 0 atom stereocenters. The number of hydrogen-bond donors (Lipinski definition) is 1. The van der Waals surface area contributed by atoms with Crippen molar-refractivity contribution in [3.8, 4) is 0 Å². The number of rotatable bonds is 1. The zero-order valence-electron chi connectivity index (χ0n) is 7.88. The van der Waals surface area contributed by atoms with Gasteiger partial charge >= 0.3 is 0 Å². The SMILES string of the molecule is O=C(c1ncn[nH]1)N1CCS(=O)(=O)CC1. The van der Waals surface area contributed by atoms with Crippen molar-refractivity contribution in [3.05, 3.63) is 12.2 Å². The van der Waals surface area contributed by atoms with Gasteiger partial charge in [0.25, 0.3) is 5.91 Å². The van der Waals surface area contributed by atoms with Gasteiger partial charge in [-0.1, -0.05) is 0 Å². The predicted octanol–water partition coefficient (Wildman–Crippen LogP) is -1.32. The average Bonchev–Trinajstić information content (AvgIpc) is 2.69. The molecule has 7 nitrogen and oxygen atoms in total. The number of hydrogen-bond acceptors (Lipinski definition) is 5. The number of H-pyrrole nitrogens is 1. The van der Waals surface area contributed by atoms with Gasteiger partial charge in [0.1, 0.15) is 6.33 Å². The van der Waals surface area contributed by atoms with E-state index >= 15 is 0 Å². The molecule has 82 valence electrons. The summed E-state index contributed by atoms with van der Waals surface area (Å²) in [6, 6.07) is 0. The Labute approximate surface area is 86.4 Å². The van der Waals surface area contributed by atoms with Gasteiger partial charge in [-0.25, -0.2) is 13.4 Å². The van der Waals surface area contributed by atoms with E-state index in [1.807, 2.05) is 0 Å². The molecule has 2 heterocycles. The van der Waals surface area contributed by atoms with Crippen molar-refractivity contribution in [2.45, 2.75) is 0 Å². The van der Waals surface area contributed by atoms with Crippen molar-refractivity contribution in [2.24, 2.45) is 0 Å². The van der Waals surface area contributed by atoms with Crippen LogP contribution in [0.15, 0.2) is 6.33 Å². The molecule has 0 unspecified atom stereocenters. The topological polar surface area (TPSA) is 96.0 Å². The third-order valence-corrected chi connectivity index (χ3v) is 3.86. The Morgan fingerprint density at radius 3 is 2.60 bits per heavy atom. The number of nitrogens with one attached hydrogen (secondary N) is 1. The molecule has 1 aromatic rings. The molecule has 1 aliphatic heterocycles. The lowest BCUT2D eigenvalue weighted by atomic mass is 10.4. The van der Waals surface area contributed by atoms with Crippen molar-refractivity contribution < 1.29 is 13.2 Å². The van der Waals surface area contributed by atoms with Crippen LogP contribution >= 0.6 is 0 Å². The molecule has 15 heavy (non-hydrogen) atoms. The molecule has 8 heteroatoms. The number of amides is 1. The molecule has 0 spiro atoms. The van der Waals surface area contributed by atoms with Crippen molar-refractivity contribution in [1.29, 1.82) is 0 Å². The summed E-state index contributed by atoms with van der Waals surface area (Å²) in [4.78, 5) is 16.8. The second-order valence-corrected chi connectivity index (χ2v) is 5.58. The standard InChI is InChI=1S/C7H10N4O3S/c12-7(6-8-5-9-10-6)11-1-3-15(13,14)4-2-11/h5H,1-4H2,(H,8,9,10). The Hall–Kier alpha value is -1.44. The molecule has 1 saturated heterocycles. The van der Waals surface area contributed by atoms with Crippen LogP contribution in [0.25, 0.3) is 0 Å². The monoisotopic (exact) mass is 230 g/mol. The van der Waals surface area contributed by atoms with Gasteiger partial charge in [0.15, 0.2) is 9.84 Å². The fraction of sp³-hybridized carbons (Fsp3) is 0.571. The summed E-state index contributed by atoms with van der Waals surface area (Å²) in [5.41, 5.74) is 0. The number of aromatic nitrogens is 3. The summed E-state index contributed by atoms with van der Waals surface area (Å²) in [5.74, 6) is -0.114. The molecule has 2 rings (SSSR count). The molecule has 0 aliphatic carbocycles. The van der Waals surface area contributed by atoms with Crippen molar-refractivity contribution in [2.75, 3.05) is 24.6 Å². The van der Waals surface area contributed by atoms with Gasteiger partial charge in [0.2, 0.25) is 5.82 Å². The number of aromatic amines is 1. The fourth-order valence-electron chi connectivity index (χ4n) is 1.37. The first-order valence-electron chi connectivity index (χ1n) is 4.43. The molecular weight excluding hydrogens is 220 g/mol. The fourth-order valence-corrected chi connectivity index (χ4v) is 2.58. The molecule has 0 bridgehead atoms. The van der Waals surface area contributed by atoms with Gasteiger partial charge in [0, 0.05) is 13.1 Å². The molecule has 1 aliphatic rings. The van der Waals surface area contributed by atoms with E-state index in [-0.39, 0.29) is 36.3 Å². The van der Waals surface area contributed by atoms with Crippen LogP contribution in [-0.4, -0.2) is 59.0 Å². The molecule has 0 aromatic carbocycles. The van der Waals surface area contributed by atoms with E-state index in [2.05, 4.69) is 15.2 Å². The minimum Gasteiger partial charge on any atom is -0.334 e. The van der Waals surface area contributed by atoms with E-state index in [4.69, 9.17) is 0 Å². The molecule has 1 amide bonds. The highest BCUT2D eigenvalue weighted by Gasteiger charge is 2.26. The zero-order valence-corrected chi connectivity index (χ0v) is 8.70. The summed E-state index contributed by atoms with van der Waals surface area (Å²) >= 11 is 0. The molecule has 0 radical (unpaired) electrons. The second-order valence-electron chi connectivity index (χ2n) is 3.28. The quantitative estimate of drug-likeness (QED) is 0.645. The molecular formula is C7H10N4O3S. The van der Waals surface area contributed by atoms with Crippen molar-refractivity contribution in [3.63, 3.8) is 0 Å². The smallest absolute Gasteiger partial charge is 0.291 e. The molecule has 0 saturated carbocycles. The lowest BCUT2D eigenvalue weighted by Gasteiger charge is -2.25. The normalized spacial score (nSPS) is 20.1. The summed E-state index contributed by atoms with van der Waals surface area (Å²) in [5, 5.41) is 6.02. The Morgan fingerprint density at radius 2 is 2.07 bits per heavy atom. The zero-order chi connectivity index (χ0) is 10.9. The Kier molecular flexibility index (Phi) is 2.43. The summed E-state index contributed by atoms with van der Waals surface area (Å²) in [6.45, 7) is 0.448. The predicted molar refractivity (Wildman–Crippen MR) is 50.9 cm³/mol. The largest absolute Gasteiger partial charge is 0.334 e. The minimum atomic E-state index is -2.96. The van der Waals surface area contributed by atoms with E-state index in [1.54, 1.807) is 0 Å². The van der Waals surface area contributed by atoms with E-state index in [0.29, 0.717) is 0 Å². The lowest BCUT2D eigenvalue weighted by Crippen LogP contribution is -2.44. The Balaban J connectivity index is 2.06. The maximum absolute atomic E-state index is 11.7. The number of carbonyl (C=O) groups excluding carboxylic acids is 1. The first-order chi connectivity index (χ1) is 7.08. The second kappa shape index (κ2) is 3.61. The highest BCUT2D eigenvalue weighted by molar-refractivity contribution is 7.91. The maximum atomic E-state index is 11.7. The van der Waals surface area contributed by atoms with Gasteiger partial charge in [0.05, 0.1) is 11.5 Å². The highest BCUT2D eigenvalue weighted by Crippen LogP contribution is 2.06. The van der Waals surface area contributed by atoms with Gasteiger partial charge in [-0.05, 0) is 0 Å². The third kappa shape index (κ3) is 2.14. The Morgan fingerprint density at radius 1 is 1.40 bits per heavy atom. The minimum absolute atomic E-state index is 0.0207. The number of sulfone groups is 1. The molecule has 1 fully saturated rings. The summed E-state index contributed by atoms with van der Waals surface area (Å²) in [7, 11) is -2.96. The number of nitrogens with zero attached hydrogens (tertiary/aromatic N) is 3. The van der Waals surface area contributed by atoms with Crippen LogP contribution in [-0.2, 0) is 9.84 Å². The van der Waals surface area contributed by atoms with Crippen LogP contribution in [0.5, 0.6) is 0 Å². The van der Waals surface area contributed by atoms with Crippen LogP contribution in [0.4, 0.5) is 0 Å². The van der Waals surface area contributed by atoms with Crippen LogP contribution < -0.4 is 0 Å². The number of carbonyl (C=O) groups is 1. The molecule has 1 aromatic heterocycles. The first-order valence-corrected chi connectivity index (χ1v) is 6.26. The van der Waals surface area contributed by atoms with Crippen LogP contribution in [0, 0.1) is 0 Å². The van der Waals surface area contributed by atoms with Gasteiger partial charge < -0.3 is 4.90 Å². The third-order valence-electron chi connectivity index (χ3n) is 2.25. The molecule has 1 N–H and O–H groups in total. The summed E-state index contributed by atoms with van der Waals surface area (Å²) in [6.07, 6.45) is 1.24. The average molecular weight is 230 g/mol. The van der Waals surface area contributed by atoms with Crippen molar-refractivity contribution in [1.82, 2.24) is 20.1 Å². The van der Waals surface area contributed by atoms with Crippen molar-refractivity contribution >= 4 is 15.7 Å². The van der Waals surface area contributed by atoms with E-state index in [1.165, 1.54) is 11.2 Å². The van der Waals surface area contributed by atoms with E-state index in [9.17, 15) is 13.2 Å². The van der Waals surface area contributed by atoms with Crippen LogP contribution in [0.3, 0.4) is 0 Å². The summed E-state index contributed by atoms with van der Waals surface area (Å²) < 4.78 is 22.3. The van der Waals surface area contributed by atoms with E-state index in [0.717, 1.165) is 0 Å². The van der Waals surface area contributed by atoms with E-state index < -0.39 is 9.84 Å². The first kappa shape index (κ1) is 10.1. The van der Waals surface area contributed by atoms with Gasteiger partial charge in [-0.2, -0.15) is 5.10 Å². The lowest BCUT2D eigenvalue weighted by molar-refractivity contribution is 0.0758. The maximum Gasteiger partial charge on any atom is 0.291 e. The van der Waals surface area contributed by atoms with Crippen LogP contribution in [0.1, 0.15) is 10.6 Å².